The second-order valence-corrected chi connectivity index (χ2v) is 7.99. The second kappa shape index (κ2) is 11.1. The number of benzene rings is 2. The first-order valence-corrected chi connectivity index (χ1v) is 11.1. The van der Waals surface area contributed by atoms with Crippen LogP contribution in [0.1, 0.15) is 22.9 Å². The standard InChI is InChI=1S/C26H22F3N3O6/c1-15-11-19(8-9-21(15)36-14-23(33)34)37-24(17-5-10-22(35-2)30-12-17)20-13-31-25(32-20)16-3-6-18(7-4-16)38-26(27,28)29/h3-13,24H,14H2,1-2H3,(H,31,32)(H,33,34). The van der Waals surface area contributed by atoms with Crippen LogP contribution >= 0.6 is 0 Å². The summed E-state index contributed by atoms with van der Waals surface area (Å²) in [7, 11) is 1.50. The summed E-state index contributed by atoms with van der Waals surface area (Å²) < 4.78 is 58.0. The van der Waals surface area contributed by atoms with Gasteiger partial charge in [-0.1, -0.05) is 0 Å². The Bertz CT molecular complexity index is 1390. The van der Waals surface area contributed by atoms with Crippen molar-refractivity contribution in [2.45, 2.75) is 19.4 Å². The molecule has 0 saturated heterocycles. The lowest BCUT2D eigenvalue weighted by Crippen LogP contribution is -2.16. The number of aromatic nitrogens is 3. The molecular formula is C26H22F3N3O6. The Morgan fingerprint density at radius 2 is 1.82 bits per heavy atom. The van der Waals surface area contributed by atoms with Crippen molar-refractivity contribution >= 4 is 5.97 Å². The van der Waals surface area contributed by atoms with Gasteiger partial charge in [0.05, 0.1) is 7.11 Å². The number of rotatable bonds is 10. The van der Waals surface area contributed by atoms with Crippen LogP contribution in [0.15, 0.2) is 67.0 Å². The summed E-state index contributed by atoms with van der Waals surface area (Å²) in [6.45, 7) is 1.29. The third-order valence-corrected chi connectivity index (χ3v) is 5.25. The highest BCUT2D eigenvalue weighted by Gasteiger charge is 2.31. The maximum atomic E-state index is 12.5. The molecule has 2 N–H and O–H groups in total. The molecule has 2 heterocycles. The minimum Gasteiger partial charge on any atom is -0.482 e. The number of methoxy groups -OCH3 is 1. The van der Waals surface area contributed by atoms with Crippen molar-refractivity contribution in [2.75, 3.05) is 13.7 Å². The molecule has 0 aliphatic heterocycles. The van der Waals surface area contributed by atoms with Gasteiger partial charge in [-0.25, -0.2) is 14.8 Å². The van der Waals surface area contributed by atoms with E-state index in [1.807, 2.05) is 0 Å². The summed E-state index contributed by atoms with van der Waals surface area (Å²) in [5.41, 5.74) is 2.33. The lowest BCUT2D eigenvalue weighted by Gasteiger charge is -2.19. The minimum atomic E-state index is -4.78. The fraction of sp³-hybridized carbons (Fsp3) is 0.192. The van der Waals surface area contributed by atoms with Crippen molar-refractivity contribution in [3.05, 3.63) is 83.8 Å². The molecule has 198 valence electrons. The zero-order valence-electron chi connectivity index (χ0n) is 20.2. The molecule has 0 saturated carbocycles. The molecule has 2 aromatic carbocycles. The molecule has 0 fully saturated rings. The number of alkyl halides is 3. The van der Waals surface area contributed by atoms with E-state index < -0.39 is 25.0 Å². The average molecular weight is 529 g/mol. The van der Waals surface area contributed by atoms with Gasteiger partial charge in [0.1, 0.15) is 28.8 Å². The van der Waals surface area contributed by atoms with Crippen LogP contribution in [0.25, 0.3) is 11.4 Å². The van der Waals surface area contributed by atoms with Crippen LogP contribution in [0.3, 0.4) is 0 Å². The molecule has 0 radical (unpaired) electrons. The summed E-state index contributed by atoms with van der Waals surface area (Å²) in [4.78, 5) is 22.7. The normalized spacial score (nSPS) is 12.0. The van der Waals surface area contributed by atoms with Gasteiger partial charge in [-0.3, -0.25) is 0 Å². The van der Waals surface area contributed by atoms with Crippen molar-refractivity contribution in [3.63, 3.8) is 0 Å². The molecule has 0 bridgehead atoms. The van der Waals surface area contributed by atoms with Gasteiger partial charge in [0.15, 0.2) is 12.7 Å². The van der Waals surface area contributed by atoms with Crippen LogP contribution in [0.2, 0.25) is 0 Å². The smallest absolute Gasteiger partial charge is 0.482 e. The Morgan fingerprint density at radius 1 is 1.08 bits per heavy atom. The predicted molar refractivity (Wildman–Crippen MR) is 128 cm³/mol. The monoisotopic (exact) mass is 529 g/mol. The Labute approximate surface area is 214 Å². The van der Waals surface area contributed by atoms with Crippen LogP contribution in [-0.2, 0) is 4.79 Å². The number of H-pyrrole nitrogens is 1. The summed E-state index contributed by atoms with van der Waals surface area (Å²) in [5, 5.41) is 8.85. The third-order valence-electron chi connectivity index (χ3n) is 5.25. The summed E-state index contributed by atoms with van der Waals surface area (Å²) in [6.07, 6.45) is -2.30. The number of hydrogen-bond acceptors (Lipinski definition) is 7. The minimum absolute atomic E-state index is 0.343. The number of nitrogens with one attached hydrogen (secondary N) is 1. The van der Waals surface area contributed by atoms with Gasteiger partial charge in [-0.05, 0) is 61.0 Å². The van der Waals surface area contributed by atoms with Gasteiger partial charge in [0.2, 0.25) is 5.88 Å². The molecule has 0 amide bonds. The number of ether oxygens (including phenoxy) is 4. The maximum absolute atomic E-state index is 12.5. The summed E-state index contributed by atoms with van der Waals surface area (Å²) in [6, 6.07) is 13.7. The number of halogens is 3. The Hall–Kier alpha value is -4.74. The highest BCUT2D eigenvalue weighted by Crippen LogP contribution is 2.32. The molecule has 0 aliphatic carbocycles. The number of hydrogen-bond donors (Lipinski definition) is 2. The van der Waals surface area contributed by atoms with Crippen LogP contribution in [-0.4, -0.2) is 46.1 Å². The van der Waals surface area contributed by atoms with Gasteiger partial charge in [-0.15, -0.1) is 13.2 Å². The number of pyridine rings is 1. The van der Waals surface area contributed by atoms with Crippen molar-refractivity contribution < 1.29 is 42.0 Å². The predicted octanol–water partition coefficient (Wildman–Crippen LogP) is 5.32. The number of aryl methyl sites for hydroxylation is 1. The van der Waals surface area contributed by atoms with Gasteiger partial charge in [0, 0.05) is 29.6 Å². The number of nitrogens with zero attached hydrogens (tertiary/aromatic N) is 2. The lowest BCUT2D eigenvalue weighted by atomic mass is 10.1. The van der Waals surface area contributed by atoms with E-state index in [4.69, 9.17) is 19.3 Å². The lowest BCUT2D eigenvalue weighted by molar-refractivity contribution is -0.274. The van der Waals surface area contributed by atoms with Crippen LogP contribution in [0.5, 0.6) is 23.1 Å². The zero-order valence-corrected chi connectivity index (χ0v) is 20.2. The maximum Gasteiger partial charge on any atom is 0.573 e. The number of carboxylic acid groups (broad SMARTS) is 1. The molecule has 2 aromatic heterocycles. The van der Waals surface area contributed by atoms with Crippen LogP contribution in [0.4, 0.5) is 13.2 Å². The first-order valence-electron chi connectivity index (χ1n) is 11.1. The van der Waals surface area contributed by atoms with E-state index >= 15 is 0 Å². The number of aliphatic carboxylic acids is 1. The second-order valence-electron chi connectivity index (χ2n) is 7.99. The van der Waals surface area contributed by atoms with E-state index in [-0.39, 0.29) is 5.75 Å². The Morgan fingerprint density at radius 3 is 2.42 bits per heavy atom. The highest BCUT2D eigenvalue weighted by molar-refractivity contribution is 5.68. The van der Waals surface area contributed by atoms with E-state index in [9.17, 15) is 18.0 Å². The zero-order chi connectivity index (χ0) is 27.3. The number of carboxylic acids is 1. The SMILES string of the molecule is COc1ccc(C(Oc2ccc(OCC(=O)O)c(C)c2)c2c[nH]c(-c3ccc(OC(F)(F)F)cc3)n2)cn1. The van der Waals surface area contributed by atoms with Gasteiger partial charge in [0.25, 0.3) is 0 Å². The molecular weight excluding hydrogens is 507 g/mol. The van der Waals surface area contributed by atoms with Crippen LogP contribution < -0.4 is 18.9 Å². The average Bonchev–Trinajstić information content (AvgIpc) is 3.36. The number of carbonyl (C=O) groups is 1. The van der Waals surface area contributed by atoms with E-state index in [0.717, 1.165) is 0 Å². The molecule has 9 nitrogen and oxygen atoms in total. The fourth-order valence-corrected chi connectivity index (χ4v) is 3.53. The largest absolute Gasteiger partial charge is 0.573 e. The first kappa shape index (κ1) is 26.3. The Balaban J connectivity index is 1.61. The first-order chi connectivity index (χ1) is 18.1. The van der Waals surface area contributed by atoms with Crippen molar-refractivity contribution in [2.24, 2.45) is 0 Å². The fourth-order valence-electron chi connectivity index (χ4n) is 3.53. The van der Waals surface area contributed by atoms with E-state index in [1.165, 1.54) is 31.4 Å². The van der Waals surface area contributed by atoms with Gasteiger partial charge in [-0.2, -0.15) is 0 Å². The molecule has 1 unspecified atom stereocenters. The van der Waals surface area contributed by atoms with Gasteiger partial charge < -0.3 is 29.0 Å². The van der Waals surface area contributed by atoms with Crippen LogP contribution in [0, 0.1) is 6.92 Å². The van der Waals surface area contributed by atoms with E-state index in [0.29, 0.717) is 45.6 Å². The number of imidazole rings is 1. The summed E-state index contributed by atoms with van der Waals surface area (Å²) in [5.74, 6) is 0.249. The molecule has 1 atom stereocenters. The molecule has 0 spiro atoms. The summed E-state index contributed by atoms with van der Waals surface area (Å²) >= 11 is 0. The topological polar surface area (TPSA) is 116 Å². The van der Waals surface area contributed by atoms with Gasteiger partial charge >= 0.3 is 12.3 Å². The quantitative estimate of drug-likeness (QED) is 0.284. The van der Waals surface area contributed by atoms with Crippen molar-refractivity contribution in [1.82, 2.24) is 15.0 Å². The van der Waals surface area contributed by atoms with Crippen molar-refractivity contribution in [1.29, 1.82) is 0 Å². The molecule has 0 aliphatic rings. The highest BCUT2D eigenvalue weighted by atomic mass is 19.4. The number of aromatic amines is 1. The van der Waals surface area contributed by atoms with Crippen molar-refractivity contribution in [3.8, 4) is 34.5 Å². The molecule has 12 heteroatoms. The molecule has 4 rings (SSSR count). The molecule has 4 aromatic rings. The van der Waals surface area contributed by atoms with E-state index in [1.54, 1.807) is 49.6 Å². The van der Waals surface area contributed by atoms with E-state index in [2.05, 4.69) is 19.7 Å². The molecule has 38 heavy (non-hydrogen) atoms. The third kappa shape index (κ3) is 6.72. The Kier molecular flexibility index (Phi) is 7.70.